The maximum absolute atomic E-state index is 5.67. The van der Waals surface area contributed by atoms with Crippen LogP contribution in [0.4, 0.5) is 0 Å². The maximum Gasteiger partial charge on any atom is 0.215 e. The zero-order chi connectivity index (χ0) is 9.26. The van der Waals surface area contributed by atoms with Gasteiger partial charge in [0.05, 0.1) is 0 Å². The van der Waals surface area contributed by atoms with Crippen molar-refractivity contribution in [3.63, 3.8) is 0 Å². The fourth-order valence-corrected chi connectivity index (χ4v) is 2.59. The quantitative estimate of drug-likeness (QED) is 0.864. The second-order valence-corrected chi connectivity index (χ2v) is 4.70. The molecule has 0 saturated carbocycles. The summed E-state index contributed by atoms with van der Waals surface area (Å²) >= 11 is 8.55. The lowest BCUT2D eigenvalue weighted by Crippen LogP contribution is -1.74. The summed E-state index contributed by atoms with van der Waals surface area (Å²) in [6.07, 6.45) is 0. The summed E-state index contributed by atoms with van der Waals surface area (Å²) in [5.41, 5.74) is 0. The Bertz CT molecular complexity index is 372. The van der Waals surface area contributed by atoms with Crippen LogP contribution < -0.4 is 0 Å². The molecule has 0 amide bonds. The number of rotatable bonds is 2. The van der Waals surface area contributed by atoms with Crippen molar-refractivity contribution in [2.24, 2.45) is 0 Å². The molecule has 4 nitrogen and oxygen atoms in total. The molecule has 2 heterocycles. The van der Waals surface area contributed by atoms with E-state index in [9.17, 15) is 0 Å². The van der Waals surface area contributed by atoms with Gasteiger partial charge < -0.3 is 0 Å². The molecule has 2 aromatic heterocycles. The fourth-order valence-electron chi connectivity index (χ4n) is 0.732. The van der Waals surface area contributed by atoms with E-state index in [1.54, 1.807) is 5.38 Å². The highest BCUT2D eigenvalue weighted by Gasteiger charge is 2.06. The lowest BCUT2D eigenvalue weighted by atomic mass is 10.8. The van der Waals surface area contributed by atoms with Crippen LogP contribution in [0.2, 0.25) is 5.15 Å². The monoisotopic (exact) mass is 232 g/mol. The summed E-state index contributed by atoms with van der Waals surface area (Å²) in [7, 11) is 0. The molecule has 2 aromatic rings. The Morgan fingerprint density at radius 3 is 2.92 bits per heavy atom. The van der Waals surface area contributed by atoms with Crippen molar-refractivity contribution >= 4 is 34.7 Å². The second kappa shape index (κ2) is 3.65. The van der Waals surface area contributed by atoms with Crippen LogP contribution in [-0.2, 0) is 0 Å². The topological polar surface area (TPSA) is 54.5 Å². The summed E-state index contributed by atoms with van der Waals surface area (Å²) in [6.45, 7) is 1.85. The minimum atomic E-state index is 0.514. The summed E-state index contributed by atoms with van der Waals surface area (Å²) in [6, 6.07) is 0. The zero-order valence-electron chi connectivity index (χ0n) is 6.61. The molecule has 13 heavy (non-hydrogen) atoms. The summed E-state index contributed by atoms with van der Waals surface area (Å²) < 4.78 is 0.851. The van der Waals surface area contributed by atoms with Crippen LogP contribution in [0.25, 0.3) is 0 Å². The molecule has 0 fully saturated rings. The minimum absolute atomic E-state index is 0.514. The third-order valence-corrected chi connectivity index (χ3v) is 3.34. The largest absolute Gasteiger partial charge is 0.262 e. The maximum atomic E-state index is 5.67. The van der Waals surface area contributed by atoms with E-state index < -0.39 is 0 Å². The number of aryl methyl sites for hydroxylation is 1. The zero-order valence-corrected chi connectivity index (χ0v) is 9.00. The average molecular weight is 233 g/mol. The third-order valence-electron chi connectivity index (χ3n) is 1.21. The van der Waals surface area contributed by atoms with E-state index in [1.807, 2.05) is 6.92 Å². The first kappa shape index (κ1) is 8.98. The van der Waals surface area contributed by atoms with Crippen molar-refractivity contribution in [1.29, 1.82) is 0 Å². The Morgan fingerprint density at radius 1 is 1.54 bits per heavy atom. The van der Waals surface area contributed by atoms with E-state index in [-0.39, 0.29) is 0 Å². The number of nitrogens with zero attached hydrogens (tertiary/aromatic N) is 3. The molecule has 68 valence electrons. The standard InChI is InChI=1S/C6H5ClN4S2/c1-3-8-5(11-10-3)13-6-9-4(7)2-12-6/h2H,1H3,(H,8,10,11). The molecule has 0 spiro atoms. The molecule has 0 bridgehead atoms. The lowest BCUT2D eigenvalue weighted by molar-refractivity contribution is 0.968. The van der Waals surface area contributed by atoms with Crippen LogP contribution in [0.15, 0.2) is 14.9 Å². The van der Waals surface area contributed by atoms with E-state index in [1.165, 1.54) is 23.1 Å². The van der Waals surface area contributed by atoms with Crippen molar-refractivity contribution in [1.82, 2.24) is 20.2 Å². The summed E-state index contributed by atoms with van der Waals surface area (Å²) in [4.78, 5) is 8.20. The van der Waals surface area contributed by atoms with Crippen LogP contribution in [0, 0.1) is 6.92 Å². The van der Waals surface area contributed by atoms with Crippen molar-refractivity contribution in [2.75, 3.05) is 0 Å². The van der Waals surface area contributed by atoms with Gasteiger partial charge in [-0.05, 0) is 18.7 Å². The third kappa shape index (κ3) is 2.20. The number of thiazole rings is 1. The molecular weight excluding hydrogens is 228 g/mol. The summed E-state index contributed by atoms with van der Waals surface area (Å²) in [5.74, 6) is 0.796. The van der Waals surface area contributed by atoms with Crippen LogP contribution in [0.3, 0.4) is 0 Å². The van der Waals surface area contributed by atoms with Crippen molar-refractivity contribution in [3.05, 3.63) is 16.4 Å². The van der Waals surface area contributed by atoms with Gasteiger partial charge in [0.1, 0.15) is 11.0 Å². The van der Waals surface area contributed by atoms with Crippen LogP contribution in [-0.4, -0.2) is 20.2 Å². The summed E-state index contributed by atoms with van der Waals surface area (Å²) in [5, 5.41) is 9.69. The number of aromatic amines is 1. The number of halogens is 1. The Kier molecular flexibility index (Phi) is 2.52. The molecule has 7 heteroatoms. The van der Waals surface area contributed by atoms with Crippen molar-refractivity contribution < 1.29 is 0 Å². The first-order valence-corrected chi connectivity index (χ1v) is 5.49. The molecule has 0 aliphatic heterocycles. The molecule has 0 aliphatic carbocycles. The fraction of sp³-hybridized carbons (Fsp3) is 0.167. The predicted molar refractivity (Wildman–Crippen MR) is 52.4 cm³/mol. The first-order chi connectivity index (χ1) is 6.24. The van der Waals surface area contributed by atoms with E-state index >= 15 is 0 Å². The molecule has 0 aliphatic rings. The van der Waals surface area contributed by atoms with Gasteiger partial charge in [0.15, 0.2) is 4.34 Å². The van der Waals surface area contributed by atoms with Crippen LogP contribution >= 0.6 is 34.7 Å². The smallest absolute Gasteiger partial charge is 0.215 e. The number of hydrogen-bond donors (Lipinski definition) is 1. The van der Waals surface area contributed by atoms with Gasteiger partial charge in [-0.2, -0.15) is 0 Å². The number of hydrogen-bond acceptors (Lipinski definition) is 5. The molecule has 0 saturated heterocycles. The highest BCUT2D eigenvalue weighted by Crippen LogP contribution is 2.28. The molecule has 0 aromatic carbocycles. The van der Waals surface area contributed by atoms with E-state index in [4.69, 9.17) is 11.6 Å². The molecule has 0 radical (unpaired) electrons. The van der Waals surface area contributed by atoms with E-state index in [0.717, 1.165) is 10.2 Å². The van der Waals surface area contributed by atoms with Gasteiger partial charge in [-0.25, -0.2) is 9.97 Å². The van der Waals surface area contributed by atoms with Gasteiger partial charge >= 0.3 is 0 Å². The number of nitrogens with one attached hydrogen (secondary N) is 1. The second-order valence-electron chi connectivity index (χ2n) is 2.24. The minimum Gasteiger partial charge on any atom is -0.262 e. The molecule has 1 N–H and O–H groups in total. The average Bonchev–Trinajstić information content (AvgIpc) is 2.62. The number of aromatic nitrogens is 4. The van der Waals surface area contributed by atoms with Gasteiger partial charge in [-0.15, -0.1) is 16.4 Å². The first-order valence-electron chi connectivity index (χ1n) is 3.42. The van der Waals surface area contributed by atoms with Gasteiger partial charge in [0, 0.05) is 5.38 Å². The van der Waals surface area contributed by atoms with Crippen LogP contribution in [0.5, 0.6) is 0 Å². The number of H-pyrrole nitrogens is 1. The highest BCUT2D eigenvalue weighted by atomic mass is 35.5. The molecule has 2 rings (SSSR count). The van der Waals surface area contributed by atoms with Crippen LogP contribution in [0.1, 0.15) is 5.82 Å². The predicted octanol–water partition coefficient (Wildman–Crippen LogP) is 2.37. The Balaban J connectivity index is 2.14. The van der Waals surface area contributed by atoms with E-state index in [2.05, 4.69) is 20.2 Å². The molecule has 0 atom stereocenters. The lowest BCUT2D eigenvalue weighted by Gasteiger charge is -1.86. The van der Waals surface area contributed by atoms with Crippen molar-refractivity contribution in [2.45, 2.75) is 16.4 Å². The Labute approximate surface area is 87.8 Å². The normalized spacial score (nSPS) is 10.6. The van der Waals surface area contributed by atoms with E-state index in [0.29, 0.717) is 10.3 Å². The molecular formula is C6H5ClN4S2. The Hall–Kier alpha value is -0.590. The Morgan fingerprint density at radius 2 is 2.38 bits per heavy atom. The highest BCUT2D eigenvalue weighted by molar-refractivity contribution is 8.00. The van der Waals surface area contributed by atoms with Gasteiger partial charge in [0.2, 0.25) is 5.16 Å². The molecule has 0 unspecified atom stereocenters. The SMILES string of the molecule is Cc1nc(Sc2nc(Cl)cs2)n[nH]1. The van der Waals surface area contributed by atoms with Crippen molar-refractivity contribution in [3.8, 4) is 0 Å². The van der Waals surface area contributed by atoms with Gasteiger partial charge in [-0.1, -0.05) is 11.6 Å². The van der Waals surface area contributed by atoms with Gasteiger partial charge in [-0.3, -0.25) is 5.10 Å². The van der Waals surface area contributed by atoms with Gasteiger partial charge in [0.25, 0.3) is 0 Å².